The molecule has 3 aliphatic heterocycles. The van der Waals surface area contributed by atoms with E-state index in [1.807, 2.05) is 0 Å². The lowest BCUT2D eigenvalue weighted by atomic mass is 9.41. The maximum atomic E-state index is 6.70. The maximum absolute atomic E-state index is 6.70. The zero-order valence-corrected chi connectivity index (χ0v) is 31.7. The number of nitrogens with zero attached hydrogens (tertiary/aromatic N) is 2. The van der Waals surface area contributed by atoms with Crippen LogP contribution in [0.2, 0.25) is 0 Å². The van der Waals surface area contributed by atoms with E-state index in [9.17, 15) is 0 Å². The molecule has 1 aromatic heterocycles. The Hall–Kier alpha value is -6.00. The van der Waals surface area contributed by atoms with Crippen LogP contribution in [-0.4, -0.2) is 6.85 Å². The summed E-state index contributed by atoms with van der Waals surface area (Å²) in [7, 11) is 0. The Kier molecular flexibility index (Phi) is 6.30. The number of hydrogen-bond acceptors (Lipinski definition) is 3. The molecule has 0 aliphatic carbocycles. The summed E-state index contributed by atoms with van der Waals surface area (Å²) in [6, 6.07) is 52.1. The highest BCUT2D eigenvalue weighted by molar-refractivity contribution is 6.95. The zero-order valence-electron chi connectivity index (χ0n) is 31.7. The predicted octanol–water partition coefficient (Wildman–Crippen LogP) is 12.2. The molecule has 0 radical (unpaired) electrons. The molecule has 0 saturated heterocycles. The zero-order chi connectivity index (χ0) is 36.7. The van der Waals surface area contributed by atoms with Gasteiger partial charge in [-0.05, 0) is 99.1 Å². The molecule has 54 heavy (non-hydrogen) atoms. The minimum atomic E-state index is -0.167. The van der Waals surface area contributed by atoms with E-state index in [2.05, 4.69) is 191 Å². The SMILES string of the molecule is Cc1cc2c3c(c1)N(c1ccc(C(C)(C)C)cc1-c1ccccc1)c1ccc4oc5ccccc5c4c1B3N1c3ccccc3C(C)(C)c3cccc-2c31. The molecule has 4 heteroatoms. The average molecular weight is 697 g/mol. The van der Waals surface area contributed by atoms with Crippen molar-refractivity contribution < 1.29 is 4.42 Å². The van der Waals surface area contributed by atoms with Gasteiger partial charge in [-0.15, -0.1) is 0 Å². The van der Waals surface area contributed by atoms with E-state index in [0.29, 0.717) is 0 Å². The molecule has 0 spiro atoms. The Morgan fingerprint density at radius 1 is 0.574 bits per heavy atom. The van der Waals surface area contributed by atoms with Crippen molar-refractivity contribution in [2.45, 2.75) is 52.4 Å². The fraction of sp³-hybridized carbons (Fsp3) is 0.160. The van der Waals surface area contributed by atoms with Crippen molar-refractivity contribution in [1.29, 1.82) is 0 Å². The van der Waals surface area contributed by atoms with E-state index in [0.717, 1.165) is 16.6 Å². The first-order chi connectivity index (χ1) is 26.1. The molecule has 0 N–H and O–H groups in total. The summed E-state index contributed by atoms with van der Waals surface area (Å²) in [4.78, 5) is 5.26. The Morgan fingerprint density at radius 2 is 1.31 bits per heavy atom. The summed E-state index contributed by atoms with van der Waals surface area (Å²) >= 11 is 0. The number of anilines is 5. The second-order valence-corrected chi connectivity index (χ2v) is 17.0. The van der Waals surface area contributed by atoms with Crippen molar-refractivity contribution in [1.82, 2.24) is 0 Å². The van der Waals surface area contributed by atoms with Crippen molar-refractivity contribution in [3.63, 3.8) is 0 Å². The van der Waals surface area contributed by atoms with Crippen LogP contribution in [0.5, 0.6) is 0 Å². The molecular weight excluding hydrogens is 655 g/mol. The fourth-order valence-corrected chi connectivity index (χ4v) is 9.89. The number of furan rings is 1. The summed E-state index contributed by atoms with van der Waals surface area (Å²) in [5.41, 5.74) is 20.8. The van der Waals surface area contributed by atoms with Crippen molar-refractivity contribution in [3.05, 3.63) is 162 Å². The van der Waals surface area contributed by atoms with E-state index in [1.165, 1.54) is 89.3 Å². The van der Waals surface area contributed by atoms with Crippen LogP contribution >= 0.6 is 0 Å². The second-order valence-electron chi connectivity index (χ2n) is 17.0. The number of aryl methyl sites for hydroxylation is 1. The first-order valence-corrected chi connectivity index (χ1v) is 19.2. The molecule has 0 unspecified atom stereocenters. The van der Waals surface area contributed by atoms with Gasteiger partial charge in [0.05, 0.1) is 5.69 Å². The number of rotatable bonds is 2. The van der Waals surface area contributed by atoms with Gasteiger partial charge >= 0.3 is 6.85 Å². The van der Waals surface area contributed by atoms with Gasteiger partial charge in [-0.25, -0.2) is 0 Å². The quantitative estimate of drug-likeness (QED) is 0.168. The van der Waals surface area contributed by atoms with Crippen molar-refractivity contribution in [3.8, 4) is 22.3 Å². The summed E-state index contributed by atoms with van der Waals surface area (Å²) in [5, 5.41) is 2.34. The van der Waals surface area contributed by atoms with Crippen molar-refractivity contribution in [2.75, 3.05) is 9.71 Å². The maximum Gasteiger partial charge on any atom is 0.333 e. The van der Waals surface area contributed by atoms with Crippen LogP contribution in [0.15, 0.2) is 144 Å². The van der Waals surface area contributed by atoms with Crippen LogP contribution in [0.4, 0.5) is 28.4 Å². The fourth-order valence-electron chi connectivity index (χ4n) is 9.89. The standard InChI is InChI=1S/C50H41BN2O/c1-30-27-36-33-18-14-20-38-48(33)53(40-21-12-11-19-37(40)50(38,5)6)51-46(36)42(28-30)52(41-25-26-44-45(47(41)51)34-17-10-13-22-43(34)54-44)39-24-23-32(49(2,3)4)29-35(39)31-15-8-7-9-16-31/h7-29H,1-6H3. The van der Waals surface area contributed by atoms with Gasteiger partial charge in [0.2, 0.25) is 0 Å². The lowest BCUT2D eigenvalue weighted by Gasteiger charge is -2.51. The number of para-hydroxylation sites is 3. The average Bonchev–Trinajstić information content (AvgIpc) is 3.56. The Balaban J connectivity index is 1.33. The number of fused-ring (bicyclic) bond motifs is 10. The molecule has 0 fully saturated rings. The van der Waals surface area contributed by atoms with E-state index in [-0.39, 0.29) is 17.7 Å². The van der Waals surface area contributed by atoms with E-state index in [1.54, 1.807) is 0 Å². The highest BCUT2D eigenvalue weighted by Gasteiger charge is 2.51. The number of hydrogen-bond donors (Lipinski definition) is 0. The molecule has 0 amide bonds. The van der Waals surface area contributed by atoms with E-state index < -0.39 is 0 Å². The van der Waals surface area contributed by atoms with Gasteiger partial charge in [0.1, 0.15) is 11.2 Å². The van der Waals surface area contributed by atoms with Crippen LogP contribution in [-0.2, 0) is 10.8 Å². The molecule has 3 aliphatic rings. The van der Waals surface area contributed by atoms with Crippen molar-refractivity contribution in [2.24, 2.45) is 0 Å². The van der Waals surface area contributed by atoms with Crippen LogP contribution in [0.25, 0.3) is 44.2 Å². The summed E-state index contributed by atoms with van der Waals surface area (Å²) in [6.45, 7) is 13.9. The molecule has 4 heterocycles. The lowest BCUT2D eigenvalue weighted by Crippen LogP contribution is -2.63. The third-order valence-electron chi connectivity index (χ3n) is 12.4. The minimum Gasteiger partial charge on any atom is -0.456 e. The second kappa shape index (κ2) is 10.8. The molecule has 11 rings (SSSR count). The van der Waals surface area contributed by atoms with Gasteiger partial charge in [-0.3, -0.25) is 0 Å². The topological polar surface area (TPSA) is 19.6 Å². The van der Waals surface area contributed by atoms with Gasteiger partial charge in [0, 0.05) is 50.1 Å². The third kappa shape index (κ3) is 4.14. The molecule has 0 saturated carbocycles. The summed E-state index contributed by atoms with van der Waals surface area (Å²) in [5.74, 6) is 0. The Morgan fingerprint density at radius 3 is 2.15 bits per heavy atom. The van der Waals surface area contributed by atoms with Crippen LogP contribution in [0.1, 0.15) is 56.9 Å². The molecule has 3 nitrogen and oxygen atoms in total. The highest BCUT2D eigenvalue weighted by Crippen LogP contribution is 2.56. The first kappa shape index (κ1) is 31.5. The Bertz CT molecular complexity index is 2880. The summed E-state index contributed by atoms with van der Waals surface area (Å²) < 4.78 is 6.70. The Labute approximate surface area is 317 Å². The van der Waals surface area contributed by atoms with Crippen molar-refractivity contribution >= 4 is 68.1 Å². The molecule has 7 aromatic carbocycles. The van der Waals surface area contributed by atoms with Gasteiger partial charge in [-0.1, -0.05) is 132 Å². The third-order valence-corrected chi connectivity index (χ3v) is 12.4. The normalized spacial score (nSPS) is 14.9. The molecule has 0 atom stereocenters. The molecule has 8 aromatic rings. The van der Waals surface area contributed by atoms with Gasteiger partial charge in [-0.2, -0.15) is 0 Å². The smallest absolute Gasteiger partial charge is 0.333 e. The van der Waals surface area contributed by atoms with Crippen LogP contribution in [0.3, 0.4) is 0 Å². The highest BCUT2D eigenvalue weighted by atomic mass is 16.3. The first-order valence-electron chi connectivity index (χ1n) is 19.2. The molecule has 260 valence electrons. The van der Waals surface area contributed by atoms with Crippen LogP contribution in [0, 0.1) is 6.92 Å². The van der Waals surface area contributed by atoms with Gasteiger partial charge < -0.3 is 14.1 Å². The van der Waals surface area contributed by atoms with Gasteiger partial charge in [0.15, 0.2) is 0 Å². The van der Waals surface area contributed by atoms with E-state index >= 15 is 0 Å². The molecular formula is C50H41BN2O. The largest absolute Gasteiger partial charge is 0.456 e. The van der Waals surface area contributed by atoms with Crippen LogP contribution < -0.4 is 20.6 Å². The van der Waals surface area contributed by atoms with E-state index in [4.69, 9.17) is 4.42 Å². The number of benzene rings is 7. The lowest BCUT2D eigenvalue weighted by molar-refractivity contribution is 0.590. The monoisotopic (exact) mass is 696 g/mol. The van der Waals surface area contributed by atoms with Gasteiger partial charge in [0.25, 0.3) is 0 Å². The predicted molar refractivity (Wildman–Crippen MR) is 228 cm³/mol. The molecule has 0 bridgehead atoms. The summed E-state index contributed by atoms with van der Waals surface area (Å²) in [6.07, 6.45) is 0. The minimum absolute atomic E-state index is 0.00577.